The Balaban J connectivity index is 2.56. The lowest BCUT2D eigenvalue weighted by Crippen LogP contribution is -2.33. The highest BCUT2D eigenvalue weighted by Crippen LogP contribution is 2.10. The van der Waals surface area contributed by atoms with Gasteiger partial charge in [0.25, 0.3) is 5.91 Å². The second-order valence-electron chi connectivity index (χ2n) is 4.57. The molecule has 7 heteroatoms. The number of carboxylic acids is 1. The molecular weight excluding hydrogens is 286 g/mol. The molecule has 0 unspecified atom stereocenters. The molecule has 118 valence electrons. The highest BCUT2D eigenvalue weighted by atomic mass is 16.4. The molecule has 1 rings (SSSR count). The minimum atomic E-state index is -0.963. The third kappa shape index (κ3) is 5.66. The van der Waals surface area contributed by atoms with E-state index in [0.717, 1.165) is 0 Å². The van der Waals surface area contributed by atoms with Crippen LogP contribution in [0.25, 0.3) is 0 Å². The van der Waals surface area contributed by atoms with Gasteiger partial charge in [-0.2, -0.15) is 0 Å². The standard InChI is InChI=1S/C15H19N3O4/c1-3-9-16-14(21)11-4-6-12(7-5-11)17-15(22)18(2)10-8-13(19)20/h3-7H,1,8-10H2,2H3,(H,16,21)(H,17,22)(H,19,20). The van der Waals surface area contributed by atoms with Gasteiger partial charge in [0.15, 0.2) is 0 Å². The van der Waals surface area contributed by atoms with Crippen LogP contribution in [0.3, 0.4) is 0 Å². The number of hydrogen-bond acceptors (Lipinski definition) is 3. The summed E-state index contributed by atoms with van der Waals surface area (Å²) in [6, 6.07) is 5.97. The summed E-state index contributed by atoms with van der Waals surface area (Å²) in [4.78, 5) is 35.2. The van der Waals surface area contributed by atoms with E-state index in [2.05, 4.69) is 17.2 Å². The summed E-state index contributed by atoms with van der Waals surface area (Å²) in [7, 11) is 1.51. The highest BCUT2D eigenvalue weighted by molar-refractivity contribution is 5.95. The van der Waals surface area contributed by atoms with E-state index < -0.39 is 12.0 Å². The van der Waals surface area contributed by atoms with Gasteiger partial charge in [-0.25, -0.2) is 4.79 Å². The number of rotatable bonds is 7. The van der Waals surface area contributed by atoms with Crippen molar-refractivity contribution in [2.75, 3.05) is 25.5 Å². The van der Waals surface area contributed by atoms with Gasteiger partial charge in [-0.3, -0.25) is 9.59 Å². The van der Waals surface area contributed by atoms with Crippen LogP contribution in [0.1, 0.15) is 16.8 Å². The van der Waals surface area contributed by atoms with Gasteiger partial charge >= 0.3 is 12.0 Å². The van der Waals surface area contributed by atoms with Crippen LogP contribution in [-0.2, 0) is 4.79 Å². The number of hydrogen-bond donors (Lipinski definition) is 3. The summed E-state index contributed by atoms with van der Waals surface area (Å²) in [5.74, 6) is -1.19. The highest BCUT2D eigenvalue weighted by Gasteiger charge is 2.11. The average molecular weight is 305 g/mol. The fraction of sp³-hybridized carbons (Fsp3) is 0.267. The molecule has 3 N–H and O–H groups in total. The summed E-state index contributed by atoms with van der Waals surface area (Å²) in [6.07, 6.45) is 1.46. The van der Waals surface area contributed by atoms with Crippen LogP contribution in [0.4, 0.5) is 10.5 Å². The first-order valence-electron chi connectivity index (χ1n) is 6.67. The molecule has 7 nitrogen and oxygen atoms in total. The SMILES string of the molecule is C=CCNC(=O)c1ccc(NC(=O)N(C)CCC(=O)O)cc1. The van der Waals surface area contributed by atoms with E-state index in [1.54, 1.807) is 30.3 Å². The minimum absolute atomic E-state index is 0.114. The molecule has 0 atom stereocenters. The van der Waals surface area contributed by atoms with Crippen LogP contribution < -0.4 is 10.6 Å². The number of carbonyl (C=O) groups excluding carboxylic acids is 2. The van der Waals surface area contributed by atoms with E-state index in [0.29, 0.717) is 17.8 Å². The first-order valence-corrected chi connectivity index (χ1v) is 6.67. The van der Waals surface area contributed by atoms with Crippen molar-refractivity contribution in [3.05, 3.63) is 42.5 Å². The molecular formula is C15H19N3O4. The predicted octanol–water partition coefficient (Wildman–Crippen LogP) is 1.54. The lowest BCUT2D eigenvalue weighted by Gasteiger charge is -2.17. The second-order valence-corrected chi connectivity index (χ2v) is 4.57. The number of carboxylic acid groups (broad SMARTS) is 1. The van der Waals surface area contributed by atoms with Gasteiger partial charge in [-0.05, 0) is 24.3 Å². The molecule has 1 aromatic rings. The van der Waals surface area contributed by atoms with E-state index in [4.69, 9.17) is 5.11 Å². The van der Waals surface area contributed by atoms with Gasteiger partial charge in [0.05, 0.1) is 6.42 Å². The van der Waals surface area contributed by atoms with Gasteiger partial charge in [-0.1, -0.05) is 6.08 Å². The van der Waals surface area contributed by atoms with Crippen molar-refractivity contribution >= 4 is 23.6 Å². The molecule has 3 amide bonds. The van der Waals surface area contributed by atoms with Gasteiger partial charge < -0.3 is 20.6 Å². The topological polar surface area (TPSA) is 98.7 Å². The first-order chi connectivity index (χ1) is 10.4. The molecule has 0 heterocycles. The summed E-state index contributed by atoms with van der Waals surface area (Å²) in [6.45, 7) is 4.01. The van der Waals surface area contributed by atoms with E-state index >= 15 is 0 Å². The summed E-state index contributed by atoms with van der Waals surface area (Å²) >= 11 is 0. The molecule has 0 radical (unpaired) electrons. The maximum absolute atomic E-state index is 11.8. The fourth-order valence-corrected chi connectivity index (χ4v) is 1.56. The number of benzene rings is 1. The van der Waals surface area contributed by atoms with Gasteiger partial charge in [0.1, 0.15) is 0 Å². The van der Waals surface area contributed by atoms with Crippen molar-refractivity contribution < 1.29 is 19.5 Å². The largest absolute Gasteiger partial charge is 0.481 e. The molecule has 0 aliphatic rings. The lowest BCUT2D eigenvalue weighted by molar-refractivity contribution is -0.137. The van der Waals surface area contributed by atoms with Crippen LogP contribution in [-0.4, -0.2) is 48.1 Å². The van der Waals surface area contributed by atoms with Crippen molar-refractivity contribution in [2.24, 2.45) is 0 Å². The normalized spacial score (nSPS) is 9.68. The number of aliphatic carboxylic acids is 1. The number of amides is 3. The Hall–Kier alpha value is -2.83. The predicted molar refractivity (Wildman–Crippen MR) is 82.9 cm³/mol. The molecule has 0 bridgehead atoms. The zero-order valence-corrected chi connectivity index (χ0v) is 12.3. The van der Waals surface area contributed by atoms with Crippen molar-refractivity contribution in [3.63, 3.8) is 0 Å². The Morgan fingerprint density at radius 3 is 2.45 bits per heavy atom. The molecule has 0 saturated heterocycles. The van der Waals surface area contributed by atoms with Crippen LogP contribution in [0, 0.1) is 0 Å². The van der Waals surface area contributed by atoms with E-state index in [9.17, 15) is 14.4 Å². The van der Waals surface area contributed by atoms with E-state index in [1.807, 2.05) is 0 Å². The molecule has 0 aliphatic heterocycles. The summed E-state index contributed by atoms with van der Waals surface area (Å²) in [5.41, 5.74) is 0.992. The smallest absolute Gasteiger partial charge is 0.321 e. The molecule has 22 heavy (non-hydrogen) atoms. The number of nitrogens with zero attached hydrogens (tertiary/aromatic N) is 1. The molecule has 0 aliphatic carbocycles. The van der Waals surface area contributed by atoms with E-state index in [1.165, 1.54) is 11.9 Å². The Kier molecular flexibility index (Phi) is 6.62. The van der Waals surface area contributed by atoms with Crippen LogP contribution in [0.2, 0.25) is 0 Å². The zero-order chi connectivity index (χ0) is 16.5. The molecule has 0 fully saturated rings. The van der Waals surface area contributed by atoms with Crippen molar-refractivity contribution in [1.29, 1.82) is 0 Å². The second kappa shape index (κ2) is 8.46. The number of nitrogens with one attached hydrogen (secondary N) is 2. The quantitative estimate of drug-likeness (QED) is 0.665. The fourth-order valence-electron chi connectivity index (χ4n) is 1.56. The number of urea groups is 1. The molecule has 0 spiro atoms. The van der Waals surface area contributed by atoms with Gasteiger partial charge in [0.2, 0.25) is 0 Å². The molecule has 0 saturated carbocycles. The van der Waals surface area contributed by atoms with Gasteiger partial charge in [-0.15, -0.1) is 6.58 Å². The maximum atomic E-state index is 11.8. The van der Waals surface area contributed by atoms with Crippen molar-refractivity contribution in [3.8, 4) is 0 Å². The third-order valence-electron chi connectivity index (χ3n) is 2.81. The minimum Gasteiger partial charge on any atom is -0.481 e. The van der Waals surface area contributed by atoms with Crippen LogP contribution in [0.15, 0.2) is 36.9 Å². The van der Waals surface area contributed by atoms with Gasteiger partial charge in [0, 0.05) is 31.4 Å². The maximum Gasteiger partial charge on any atom is 0.321 e. The Morgan fingerprint density at radius 1 is 1.27 bits per heavy atom. The third-order valence-corrected chi connectivity index (χ3v) is 2.81. The summed E-state index contributed by atoms with van der Waals surface area (Å²) < 4.78 is 0. The van der Waals surface area contributed by atoms with Crippen molar-refractivity contribution in [1.82, 2.24) is 10.2 Å². The number of carbonyl (C=O) groups is 3. The van der Waals surface area contributed by atoms with Crippen LogP contribution in [0.5, 0.6) is 0 Å². The Morgan fingerprint density at radius 2 is 1.91 bits per heavy atom. The van der Waals surface area contributed by atoms with E-state index in [-0.39, 0.29) is 18.9 Å². The summed E-state index contributed by atoms with van der Waals surface area (Å²) in [5, 5.41) is 13.8. The first kappa shape index (κ1) is 17.2. The Labute approximate surface area is 128 Å². The Bertz CT molecular complexity index is 554. The zero-order valence-electron chi connectivity index (χ0n) is 12.3. The molecule has 1 aromatic carbocycles. The monoisotopic (exact) mass is 305 g/mol. The lowest BCUT2D eigenvalue weighted by atomic mass is 10.2. The number of anilines is 1. The van der Waals surface area contributed by atoms with Crippen LogP contribution >= 0.6 is 0 Å². The van der Waals surface area contributed by atoms with Crippen molar-refractivity contribution in [2.45, 2.75) is 6.42 Å². The molecule has 0 aromatic heterocycles. The average Bonchev–Trinajstić information content (AvgIpc) is 2.50.